The van der Waals surface area contributed by atoms with E-state index in [0.717, 1.165) is 12.0 Å². The molecule has 2 heterocycles. The summed E-state index contributed by atoms with van der Waals surface area (Å²) in [5.74, 6) is 0. The number of rotatable bonds is 1. The second-order valence-electron chi connectivity index (χ2n) is 7.04. The van der Waals surface area contributed by atoms with Crippen LogP contribution in [-0.2, 0) is 24.8 Å². The average Bonchev–Trinajstić information content (AvgIpc) is 2.90. The highest BCUT2D eigenvalue weighted by atomic mass is 16.6. The third-order valence-corrected chi connectivity index (χ3v) is 3.99. The number of carbonyl (C=O) groups excluding carboxylic acids is 1. The molecule has 0 spiro atoms. The van der Waals surface area contributed by atoms with Crippen molar-refractivity contribution in [2.45, 2.75) is 45.4 Å². The van der Waals surface area contributed by atoms with E-state index in [1.165, 1.54) is 11.1 Å². The Bertz CT molecular complexity index is 715. The third-order valence-electron chi connectivity index (χ3n) is 3.99. The highest BCUT2D eigenvalue weighted by Gasteiger charge is 2.34. The van der Waals surface area contributed by atoms with Gasteiger partial charge in [0.2, 0.25) is 0 Å². The van der Waals surface area contributed by atoms with Gasteiger partial charge in [0.25, 0.3) is 0 Å². The van der Waals surface area contributed by atoms with Crippen molar-refractivity contribution in [3.05, 3.63) is 53.3 Å². The Hall–Kier alpha value is -2.30. The number of aromatic nitrogens is 2. The first-order valence-corrected chi connectivity index (χ1v) is 7.88. The van der Waals surface area contributed by atoms with E-state index >= 15 is 0 Å². The molecule has 0 fully saturated rings. The summed E-state index contributed by atoms with van der Waals surface area (Å²) in [6.45, 7) is 6.23. The highest BCUT2D eigenvalue weighted by molar-refractivity contribution is 5.69. The number of aryl methyl sites for hydroxylation is 1. The molecule has 1 aliphatic rings. The predicted octanol–water partition coefficient (Wildman–Crippen LogP) is 3.45. The molecular weight excluding hydrogens is 290 g/mol. The SMILES string of the molecule is Cn1cc(C2Cc3ccccc3CN2C(=O)OC(C)(C)C)cn1. The molecule has 1 atom stereocenters. The summed E-state index contributed by atoms with van der Waals surface area (Å²) in [7, 11) is 1.89. The minimum Gasteiger partial charge on any atom is -0.444 e. The van der Waals surface area contributed by atoms with Gasteiger partial charge in [0.15, 0.2) is 0 Å². The van der Waals surface area contributed by atoms with Crippen molar-refractivity contribution in [3.8, 4) is 0 Å². The lowest BCUT2D eigenvalue weighted by molar-refractivity contribution is 0.0116. The number of hydrogen-bond acceptors (Lipinski definition) is 3. The fourth-order valence-corrected chi connectivity index (χ4v) is 2.95. The molecule has 5 heteroatoms. The zero-order valence-corrected chi connectivity index (χ0v) is 14.1. The second kappa shape index (κ2) is 5.72. The van der Waals surface area contributed by atoms with Gasteiger partial charge in [0.1, 0.15) is 5.60 Å². The van der Waals surface area contributed by atoms with Crippen molar-refractivity contribution in [3.63, 3.8) is 0 Å². The predicted molar refractivity (Wildman–Crippen MR) is 87.9 cm³/mol. The van der Waals surface area contributed by atoms with Gasteiger partial charge in [-0.3, -0.25) is 9.58 Å². The lowest BCUT2D eigenvalue weighted by Gasteiger charge is -2.37. The number of benzene rings is 1. The van der Waals surface area contributed by atoms with Crippen LogP contribution in [0.1, 0.15) is 43.5 Å². The van der Waals surface area contributed by atoms with E-state index in [9.17, 15) is 4.79 Å². The molecule has 5 nitrogen and oxygen atoms in total. The van der Waals surface area contributed by atoms with Crippen LogP contribution in [0.2, 0.25) is 0 Å². The van der Waals surface area contributed by atoms with E-state index < -0.39 is 5.60 Å². The van der Waals surface area contributed by atoms with E-state index in [4.69, 9.17) is 4.74 Å². The van der Waals surface area contributed by atoms with Crippen molar-refractivity contribution >= 4 is 6.09 Å². The fraction of sp³-hybridized carbons (Fsp3) is 0.444. The van der Waals surface area contributed by atoms with Gasteiger partial charge in [-0.1, -0.05) is 24.3 Å². The van der Waals surface area contributed by atoms with Crippen molar-refractivity contribution in [1.82, 2.24) is 14.7 Å². The molecule has 0 N–H and O–H groups in total. The summed E-state index contributed by atoms with van der Waals surface area (Å²) in [6.07, 6.45) is 4.30. The molecule has 0 saturated carbocycles. The van der Waals surface area contributed by atoms with Gasteiger partial charge in [0, 0.05) is 25.4 Å². The molecule has 0 aliphatic carbocycles. The summed E-state index contributed by atoms with van der Waals surface area (Å²) >= 11 is 0. The standard InChI is InChI=1S/C18H23N3O2/c1-18(2,3)23-17(22)21-12-14-8-6-5-7-13(14)9-16(21)15-10-19-20(4)11-15/h5-8,10-11,16H,9,12H2,1-4H3. The number of hydrogen-bond donors (Lipinski definition) is 0. The van der Waals surface area contributed by atoms with Crippen LogP contribution in [0.4, 0.5) is 4.79 Å². The molecule has 0 saturated heterocycles. The monoisotopic (exact) mass is 313 g/mol. The Morgan fingerprint density at radius 3 is 2.57 bits per heavy atom. The van der Waals surface area contributed by atoms with Crippen LogP contribution in [0.3, 0.4) is 0 Å². The van der Waals surface area contributed by atoms with Crippen LogP contribution in [-0.4, -0.2) is 26.4 Å². The summed E-state index contributed by atoms with van der Waals surface area (Å²) in [5, 5.41) is 4.25. The largest absolute Gasteiger partial charge is 0.444 e. The summed E-state index contributed by atoms with van der Waals surface area (Å²) in [4.78, 5) is 14.5. The zero-order chi connectivity index (χ0) is 16.6. The molecule has 1 aromatic heterocycles. The van der Waals surface area contributed by atoms with Crippen molar-refractivity contribution in [2.75, 3.05) is 0 Å². The third kappa shape index (κ3) is 3.38. The second-order valence-corrected chi connectivity index (χ2v) is 7.04. The molecule has 0 radical (unpaired) electrons. The molecule has 3 rings (SSSR count). The van der Waals surface area contributed by atoms with Crippen LogP contribution in [0.25, 0.3) is 0 Å². The summed E-state index contributed by atoms with van der Waals surface area (Å²) < 4.78 is 7.38. The Labute approximate surface area is 136 Å². The van der Waals surface area contributed by atoms with Crippen molar-refractivity contribution in [1.29, 1.82) is 0 Å². The lowest BCUT2D eigenvalue weighted by Crippen LogP contribution is -2.42. The quantitative estimate of drug-likeness (QED) is 0.810. The van der Waals surface area contributed by atoms with Gasteiger partial charge < -0.3 is 4.74 Å². The topological polar surface area (TPSA) is 47.4 Å². The maximum absolute atomic E-state index is 12.7. The maximum Gasteiger partial charge on any atom is 0.411 e. The van der Waals surface area contributed by atoms with Crippen LogP contribution >= 0.6 is 0 Å². The van der Waals surface area contributed by atoms with E-state index in [1.54, 1.807) is 4.68 Å². The lowest BCUT2D eigenvalue weighted by atomic mass is 9.91. The summed E-state index contributed by atoms with van der Waals surface area (Å²) in [5.41, 5.74) is 2.99. The van der Waals surface area contributed by atoms with E-state index in [1.807, 2.05) is 57.2 Å². The van der Waals surface area contributed by atoms with E-state index in [2.05, 4.69) is 17.2 Å². The van der Waals surface area contributed by atoms with E-state index in [0.29, 0.717) is 6.54 Å². The van der Waals surface area contributed by atoms with Gasteiger partial charge in [0.05, 0.1) is 12.2 Å². The molecule has 122 valence electrons. The highest BCUT2D eigenvalue weighted by Crippen LogP contribution is 2.34. The van der Waals surface area contributed by atoms with Crippen molar-refractivity contribution in [2.24, 2.45) is 7.05 Å². The summed E-state index contributed by atoms with van der Waals surface area (Å²) in [6, 6.07) is 8.21. The first kappa shape index (κ1) is 15.6. The van der Waals surface area contributed by atoms with Gasteiger partial charge >= 0.3 is 6.09 Å². The Balaban J connectivity index is 1.94. The molecular formula is C18H23N3O2. The van der Waals surface area contributed by atoms with Gasteiger partial charge in [-0.05, 0) is 38.3 Å². The molecule has 2 aromatic rings. The maximum atomic E-state index is 12.7. The van der Waals surface area contributed by atoms with Crippen molar-refractivity contribution < 1.29 is 9.53 Å². The van der Waals surface area contributed by atoms with Crippen LogP contribution < -0.4 is 0 Å². The van der Waals surface area contributed by atoms with Gasteiger partial charge in [-0.25, -0.2) is 4.79 Å². The number of fused-ring (bicyclic) bond motifs is 1. The number of ether oxygens (including phenoxy) is 1. The Kier molecular flexibility index (Phi) is 3.88. The Morgan fingerprint density at radius 2 is 1.96 bits per heavy atom. The van der Waals surface area contributed by atoms with Crippen LogP contribution in [0.15, 0.2) is 36.7 Å². The smallest absolute Gasteiger partial charge is 0.411 e. The Morgan fingerprint density at radius 1 is 1.26 bits per heavy atom. The molecule has 1 amide bonds. The minimum absolute atomic E-state index is 0.0477. The van der Waals surface area contributed by atoms with Gasteiger partial charge in [-0.2, -0.15) is 5.10 Å². The first-order valence-electron chi connectivity index (χ1n) is 7.88. The minimum atomic E-state index is -0.506. The van der Waals surface area contributed by atoms with Gasteiger partial charge in [-0.15, -0.1) is 0 Å². The molecule has 23 heavy (non-hydrogen) atoms. The fourth-order valence-electron chi connectivity index (χ4n) is 2.95. The van der Waals surface area contributed by atoms with E-state index in [-0.39, 0.29) is 12.1 Å². The molecule has 0 bridgehead atoms. The van der Waals surface area contributed by atoms with Crippen LogP contribution in [0, 0.1) is 0 Å². The molecule has 1 aromatic carbocycles. The zero-order valence-electron chi connectivity index (χ0n) is 14.1. The number of amides is 1. The number of nitrogens with zero attached hydrogens (tertiary/aromatic N) is 3. The molecule has 1 unspecified atom stereocenters. The normalized spacial score (nSPS) is 17.7. The molecule has 1 aliphatic heterocycles. The first-order chi connectivity index (χ1) is 10.8. The van der Waals surface area contributed by atoms with Crippen LogP contribution in [0.5, 0.6) is 0 Å². The average molecular weight is 313 g/mol. The number of carbonyl (C=O) groups is 1.